The molecule has 0 saturated carbocycles. The quantitative estimate of drug-likeness (QED) is 0.797. The van der Waals surface area contributed by atoms with Crippen LogP contribution in [0, 0.1) is 5.92 Å². The van der Waals surface area contributed by atoms with E-state index in [4.69, 9.17) is 5.11 Å². The van der Waals surface area contributed by atoms with E-state index in [2.05, 4.69) is 5.32 Å². The first kappa shape index (κ1) is 13.5. The Bertz CT molecular complexity index is 310. The molecule has 0 aromatic rings. The minimum Gasteiger partial charge on any atom is -0.481 e. The summed E-state index contributed by atoms with van der Waals surface area (Å²) < 4.78 is 0. The number of nitrogens with zero attached hydrogens (tertiary/aromatic N) is 1. The van der Waals surface area contributed by atoms with Crippen molar-refractivity contribution in [2.75, 3.05) is 24.6 Å². The molecule has 2 heterocycles. The predicted molar refractivity (Wildman–Crippen MR) is 70.8 cm³/mol. The number of piperidine rings is 1. The van der Waals surface area contributed by atoms with Gasteiger partial charge in [-0.15, -0.1) is 0 Å². The normalized spacial score (nSPS) is 22.8. The number of urea groups is 1. The first-order valence-corrected chi connectivity index (χ1v) is 7.68. The molecule has 0 aliphatic carbocycles. The third-order valence-electron chi connectivity index (χ3n) is 3.68. The van der Waals surface area contributed by atoms with Gasteiger partial charge in [-0.05, 0) is 37.2 Å². The number of carbonyl (C=O) groups excluding carboxylic acids is 1. The molecule has 2 aliphatic heterocycles. The van der Waals surface area contributed by atoms with Crippen LogP contribution in [-0.4, -0.2) is 52.6 Å². The molecule has 102 valence electrons. The molecule has 18 heavy (non-hydrogen) atoms. The lowest BCUT2D eigenvalue weighted by molar-refractivity contribution is -0.143. The van der Waals surface area contributed by atoms with Crippen molar-refractivity contribution < 1.29 is 14.7 Å². The number of amides is 2. The molecule has 2 fully saturated rings. The molecule has 0 atom stereocenters. The Kier molecular flexibility index (Phi) is 4.74. The lowest BCUT2D eigenvalue weighted by Gasteiger charge is -2.32. The summed E-state index contributed by atoms with van der Waals surface area (Å²) in [6, 6.07) is 0.284. The molecular weight excluding hydrogens is 252 g/mol. The molecule has 2 amide bonds. The van der Waals surface area contributed by atoms with Crippen molar-refractivity contribution >= 4 is 23.8 Å². The van der Waals surface area contributed by atoms with Crippen LogP contribution in [0.5, 0.6) is 0 Å². The number of carbonyl (C=O) groups is 2. The smallest absolute Gasteiger partial charge is 0.317 e. The van der Waals surface area contributed by atoms with Crippen LogP contribution in [0.2, 0.25) is 0 Å². The van der Waals surface area contributed by atoms with Gasteiger partial charge in [0.2, 0.25) is 0 Å². The topological polar surface area (TPSA) is 69.6 Å². The number of nitrogens with one attached hydrogen (secondary N) is 1. The van der Waals surface area contributed by atoms with Crippen molar-refractivity contribution in [1.82, 2.24) is 10.2 Å². The molecule has 0 aromatic carbocycles. The molecule has 0 bridgehead atoms. The van der Waals surface area contributed by atoms with E-state index >= 15 is 0 Å². The van der Waals surface area contributed by atoms with Gasteiger partial charge in [-0.1, -0.05) is 0 Å². The monoisotopic (exact) mass is 272 g/mol. The molecule has 2 aliphatic rings. The highest BCUT2D eigenvalue weighted by Gasteiger charge is 2.28. The minimum absolute atomic E-state index is 0.0178. The number of hydrogen-bond donors (Lipinski definition) is 2. The Labute approximate surface area is 111 Å². The van der Waals surface area contributed by atoms with Crippen LogP contribution in [0.4, 0.5) is 4.79 Å². The summed E-state index contributed by atoms with van der Waals surface area (Å²) >= 11 is 1.93. The fraction of sp³-hybridized carbons (Fsp3) is 0.833. The van der Waals surface area contributed by atoms with Gasteiger partial charge >= 0.3 is 12.0 Å². The summed E-state index contributed by atoms with van der Waals surface area (Å²) in [6.45, 7) is 1.12. The van der Waals surface area contributed by atoms with Gasteiger partial charge in [0.15, 0.2) is 0 Å². The number of rotatable bonds is 2. The van der Waals surface area contributed by atoms with Crippen molar-refractivity contribution in [3.8, 4) is 0 Å². The van der Waals surface area contributed by atoms with Gasteiger partial charge in [0.1, 0.15) is 0 Å². The lowest BCUT2D eigenvalue weighted by atomic mass is 9.97. The number of aliphatic carboxylic acids is 1. The molecule has 2 saturated heterocycles. The zero-order valence-corrected chi connectivity index (χ0v) is 11.2. The van der Waals surface area contributed by atoms with Crippen molar-refractivity contribution in [3.63, 3.8) is 0 Å². The van der Waals surface area contributed by atoms with E-state index in [9.17, 15) is 9.59 Å². The highest BCUT2D eigenvalue weighted by Crippen LogP contribution is 2.19. The van der Waals surface area contributed by atoms with Gasteiger partial charge in [0.05, 0.1) is 5.92 Å². The van der Waals surface area contributed by atoms with E-state index in [0.29, 0.717) is 32.0 Å². The van der Waals surface area contributed by atoms with E-state index < -0.39 is 5.97 Å². The summed E-state index contributed by atoms with van der Waals surface area (Å²) in [5, 5.41) is 12.0. The summed E-state index contributed by atoms with van der Waals surface area (Å²) in [5.74, 6) is 1.22. The maximum absolute atomic E-state index is 12.0. The summed E-state index contributed by atoms with van der Waals surface area (Å²) in [6.07, 6.45) is 3.23. The van der Waals surface area contributed by atoms with Crippen molar-refractivity contribution in [3.05, 3.63) is 0 Å². The fourth-order valence-corrected chi connectivity index (χ4v) is 3.54. The van der Waals surface area contributed by atoms with Gasteiger partial charge in [0, 0.05) is 19.1 Å². The van der Waals surface area contributed by atoms with Gasteiger partial charge in [-0.2, -0.15) is 11.8 Å². The maximum atomic E-state index is 12.0. The fourth-order valence-electron chi connectivity index (χ4n) is 2.44. The molecule has 0 spiro atoms. The second-order valence-corrected chi connectivity index (χ2v) is 6.16. The molecule has 6 heteroatoms. The zero-order chi connectivity index (χ0) is 13.0. The van der Waals surface area contributed by atoms with Gasteiger partial charge in [-0.25, -0.2) is 4.79 Å². The highest BCUT2D eigenvalue weighted by atomic mass is 32.2. The molecular formula is C12H20N2O3S. The molecule has 2 rings (SSSR count). The van der Waals surface area contributed by atoms with Gasteiger partial charge in [0.25, 0.3) is 0 Å². The van der Waals surface area contributed by atoms with E-state index in [1.807, 2.05) is 11.8 Å². The third-order valence-corrected chi connectivity index (χ3v) is 4.73. The first-order valence-electron chi connectivity index (χ1n) is 6.53. The Morgan fingerprint density at radius 3 is 2.28 bits per heavy atom. The molecule has 0 radical (unpaired) electrons. The zero-order valence-electron chi connectivity index (χ0n) is 10.4. The molecule has 2 N–H and O–H groups in total. The standard InChI is InChI=1S/C12H20N2O3S/c15-11(16)9-1-5-14(6-2-9)12(17)13-10-3-7-18-8-4-10/h9-10H,1-8H2,(H,13,17)(H,15,16). The number of thioether (sulfide) groups is 1. The van der Waals surface area contributed by atoms with Crippen LogP contribution in [0.25, 0.3) is 0 Å². The van der Waals surface area contributed by atoms with Gasteiger partial charge < -0.3 is 15.3 Å². The molecule has 0 aromatic heterocycles. The average Bonchev–Trinajstić information content (AvgIpc) is 2.40. The van der Waals surface area contributed by atoms with Crippen LogP contribution in [0.15, 0.2) is 0 Å². The number of likely N-dealkylation sites (tertiary alicyclic amines) is 1. The highest BCUT2D eigenvalue weighted by molar-refractivity contribution is 7.99. The Hall–Kier alpha value is -0.910. The molecule has 5 nitrogen and oxygen atoms in total. The van der Waals surface area contributed by atoms with Gasteiger partial charge in [-0.3, -0.25) is 4.79 Å². The van der Waals surface area contributed by atoms with Crippen LogP contribution >= 0.6 is 11.8 Å². The molecule has 0 unspecified atom stereocenters. The van der Waals surface area contributed by atoms with Crippen molar-refractivity contribution in [2.45, 2.75) is 31.7 Å². The summed E-state index contributed by atoms with van der Waals surface area (Å²) in [7, 11) is 0. The Balaban J connectivity index is 1.75. The predicted octanol–water partition coefficient (Wildman–Crippen LogP) is 1.39. The second kappa shape index (κ2) is 6.31. The van der Waals surface area contributed by atoms with E-state index in [-0.39, 0.29) is 11.9 Å². The number of carboxylic acids is 1. The largest absolute Gasteiger partial charge is 0.481 e. The Morgan fingerprint density at radius 1 is 1.11 bits per heavy atom. The Morgan fingerprint density at radius 2 is 1.72 bits per heavy atom. The van der Waals surface area contributed by atoms with E-state index in [1.165, 1.54) is 0 Å². The minimum atomic E-state index is -0.737. The van der Waals surface area contributed by atoms with Crippen molar-refractivity contribution in [2.24, 2.45) is 5.92 Å². The summed E-state index contributed by atoms with van der Waals surface area (Å²) in [4.78, 5) is 24.6. The van der Waals surface area contributed by atoms with Crippen LogP contribution < -0.4 is 5.32 Å². The summed E-state index contributed by atoms with van der Waals surface area (Å²) in [5.41, 5.74) is 0. The third kappa shape index (κ3) is 3.54. The van der Waals surface area contributed by atoms with Crippen LogP contribution in [-0.2, 0) is 4.79 Å². The average molecular weight is 272 g/mol. The van der Waals surface area contributed by atoms with Crippen LogP contribution in [0.1, 0.15) is 25.7 Å². The maximum Gasteiger partial charge on any atom is 0.317 e. The first-order chi connectivity index (χ1) is 8.66. The van der Waals surface area contributed by atoms with Crippen molar-refractivity contribution in [1.29, 1.82) is 0 Å². The second-order valence-electron chi connectivity index (χ2n) is 4.94. The number of carboxylic acid groups (broad SMARTS) is 1. The van der Waals surface area contributed by atoms with Crippen LogP contribution in [0.3, 0.4) is 0 Å². The van der Waals surface area contributed by atoms with E-state index in [0.717, 1.165) is 24.3 Å². The lowest BCUT2D eigenvalue weighted by Crippen LogP contribution is -2.49. The number of hydrogen-bond acceptors (Lipinski definition) is 3. The SMILES string of the molecule is O=C(O)C1CCN(C(=O)NC2CCSCC2)CC1. The van der Waals surface area contributed by atoms with E-state index in [1.54, 1.807) is 4.90 Å².